The van der Waals surface area contributed by atoms with Gasteiger partial charge < -0.3 is 14.0 Å². The van der Waals surface area contributed by atoms with Crippen molar-refractivity contribution in [1.82, 2.24) is 9.55 Å². The zero-order chi connectivity index (χ0) is 22.4. The van der Waals surface area contributed by atoms with E-state index in [1.165, 1.54) is 29.8 Å². The van der Waals surface area contributed by atoms with Crippen molar-refractivity contribution in [3.8, 4) is 5.75 Å². The lowest BCUT2D eigenvalue weighted by Crippen LogP contribution is -2.36. The van der Waals surface area contributed by atoms with Crippen LogP contribution in [0.1, 0.15) is 32.0 Å². The van der Waals surface area contributed by atoms with E-state index < -0.39 is 17.2 Å². The Balaban J connectivity index is 1.63. The van der Waals surface area contributed by atoms with Crippen LogP contribution >= 0.6 is 0 Å². The first kappa shape index (κ1) is 22.0. The molecule has 1 heterocycles. The third-order valence-electron chi connectivity index (χ3n) is 4.74. The van der Waals surface area contributed by atoms with Gasteiger partial charge >= 0.3 is 6.16 Å². The van der Waals surface area contributed by atoms with Crippen LogP contribution in [0.25, 0.3) is 0 Å². The van der Waals surface area contributed by atoms with Gasteiger partial charge in [-0.05, 0) is 17.7 Å². The van der Waals surface area contributed by atoms with Gasteiger partial charge in [-0.3, -0.25) is 10.1 Å². The van der Waals surface area contributed by atoms with Gasteiger partial charge in [0.1, 0.15) is 11.9 Å². The number of aromatic nitrogens is 2. The van der Waals surface area contributed by atoms with Gasteiger partial charge in [-0.15, -0.1) is 0 Å². The summed E-state index contributed by atoms with van der Waals surface area (Å²) < 4.78 is 12.7. The molecule has 2 aromatic carbocycles. The van der Waals surface area contributed by atoms with E-state index in [0.29, 0.717) is 6.54 Å². The number of nitro groups is 1. The van der Waals surface area contributed by atoms with E-state index in [4.69, 9.17) is 9.47 Å². The molecule has 3 rings (SSSR count). The van der Waals surface area contributed by atoms with Gasteiger partial charge in [-0.25, -0.2) is 9.78 Å². The van der Waals surface area contributed by atoms with Crippen LogP contribution in [0.3, 0.4) is 0 Å². The molecule has 0 saturated carbocycles. The molecule has 0 aliphatic carbocycles. The highest BCUT2D eigenvalue weighted by atomic mass is 16.7. The minimum absolute atomic E-state index is 0.0836. The Labute approximate surface area is 180 Å². The molecule has 0 amide bonds. The van der Waals surface area contributed by atoms with E-state index in [1.807, 2.05) is 61.9 Å². The molecule has 0 spiro atoms. The lowest BCUT2D eigenvalue weighted by molar-refractivity contribution is -0.384. The number of rotatable bonds is 7. The highest BCUT2D eigenvalue weighted by molar-refractivity contribution is 5.64. The predicted molar refractivity (Wildman–Crippen MR) is 115 cm³/mol. The highest BCUT2D eigenvalue weighted by Gasteiger charge is 2.30. The second-order valence-corrected chi connectivity index (χ2v) is 8.30. The molecule has 31 heavy (non-hydrogen) atoms. The Bertz CT molecular complexity index is 1020. The number of carbonyl (C=O) groups is 1. The number of ether oxygens (including phenoxy) is 2. The van der Waals surface area contributed by atoms with Crippen molar-refractivity contribution < 1.29 is 19.2 Å². The van der Waals surface area contributed by atoms with Crippen molar-refractivity contribution in [1.29, 1.82) is 0 Å². The molecule has 8 nitrogen and oxygen atoms in total. The summed E-state index contributed by atoms with van der Waals surface area (Å²) in [5.74, 6) is 0.177. The van der Waals surface area contributed by atoms with Crippen LogP contribution in [0.2, 0.25) is 0 Å². The summed E-state index contributed by atoms with van der Waals surface area (Å²) in [7, 11) is 0. The molecule has 162 valence electrons. The monoisotopic (exact) mass is 423 g/mol. The molecule has 0 bridgehead atoms. The second kappa shape index (κ2) is 9.42. The van der Waals surface area contributed by atoms with Crippen LogP contribution in [0.5, 0.6) is 5.75 Å². The summed E-state index contributed by atoms with van der Waals surface area (Å²) in [4.78, 5) is 27.0. The lowest BCUT2D eigenvalue weighted by atomic mass is 9.89. The van der Waals surface area contributed by atoms with Gasteiger partial charge in [0.15, 0.2) is 0 Å². The average Bonchev–Trinajstić information content (AvgIpc) is 3.15. The topological polar surface area (TPSA) is 96.5 Å². The summed E-state index contributed by atoms with van der Waals surface area (Å²) >= 11 is 0. The van der Waals surface area contributed by atoms with Crippen molar-refractivity contribution in [2.24, 2.45) is 5.41 Å². The SMILES string of the molecule is CC(C)(C)C(Cn1cnc(Cc2ccccc2)c1)OC(=O)Oc1ccc([N+](=O)[O-])cc1. The first-order valence-corrected chi connectivity index (χ1v) is 9.88. The van der Waals surface area contributed by atoms with Gasteiger partial charge in [-0.1, -0.05) is 51.1 Å². The molecule has 0 aliphatic rings. The van der Waals surface area contributed by atoms with Gasteiger partial charge in [0.25, 0.3) is 5.69 Å². The average molecular weight is 423 g/mol. The smallest absolute Gasteiger partial charge is 0.428 e. The van der Waals surface area contributed by atoms with E-state index in [-0.39, 0.29) is 16.9 Å². The zero-order valence-corrected chi connectivity index (χ0v) is 17.7. The maximum atomic E-state index is 12.3. The van der Waals surface area contributed by atoms with Crippen LogP contribution in [0.15, 0.2) is 67.1 Å². The van der Waals surface area contributed by atoms with Gasteiger partial charge in [-0.2, -0.15) is 0 Å². The number of benzene rings is 2. The first-order chi connectivity index (χ1) is 14.7. The minimum atomic E-state index is -0.863. The van der Waals surface area contributed by atoms with E-state index in [0.717, 1.165) is 12.1 Å². The Morgan fingerprint density at radius 3 is 2.42 bits per heavy atom. The molecule has 1 atom stereocenters. The molecule has 0 radical (unpaired) electrons. The maximum absolute atomic E-state index is 12.3. The second-order valence-electron chi connectivity index (χ2n) is 8.30. The Morgan fingerprint density at radius 1 is 1.13 bits per heavy atom. The number of hydrogen-bond donors (Lipinski definition) is 0. The van der Waals surface area contributed by atoms with Crippen molar-refractivity contribution in [3.63, 3.8) is 0 Å². The van der Waals surface area contributed by atoms with Crippen LogP contribution in [0.4, 0.5) is 10.5 Å². The zero-order valence-electron chi connectivity index (χ0n) is 17.7. The molecule has 1 unspecified atom stereocenters. The van der Waals surface area contributed by atoms with Gasteiger partial charge in [0.05, 0.1) is 23.5 Å². The molecule has 0 aliphatic heterocycles. The van der Waals surface area contributed by atoms with E-state index in [2.05, 4.69) is 4.98 Å². The van der Waals surface area contributed by atoms with Crippen LogP contribution in [0, 0.1) is 15.5 Å². The van der Waals surface area contributed by atoms with Crippen LogP contribution in [-0.2, 0) is 17.7 Å². The van der Waals surface area contributed by atoms with E-state index in [1.54, 1.807) is 6.33 Å². The molecular formula is C23H25N3O5. The molecule has 8 heteroatoms. The maximum Gasteiger partial charge on any atom is 0.514 e. The Morgan fingerprint density at radius 2 is 1.81 bits per heavy atom. The quantitative estimate of drug-likeness (QED) is 0.229. The van der Waals surface area contributed by atoms with E-state index >= 15 is 0 Å². The summed E-state index contributed by atoms with van der Waals surface area (Å²) in [6.45, 7) is 6.33. The summed E-state index contributed by atoms with van der Waals surface area (Å²) in [5, 5.41) is 10.7. The molecule has 0 saturated heterocycles. The third-order valence-corrected chi connectivity index (χ3v) is 4.74. The third kappa shape index (κ3) is 6.40. The number of hydrogen-bond acceptors (Lipinski definition) is 6. The largest absolute Gasteiger partial charge is 0.514 e. The van der Waals surface area contributed by atoms with E-state index in [9.17, 15) is 14.9 Å². The van der Waals surface area contributed by atoms with Gasteiger partial charge in [0.2, 0.25) is 0 Å². The summed E-state index contributed by atoms with van der Waals surface area (Å²) in [6, 6.07) is 15.3. The fourth-order valence-corrected chi connectivity index (χ4v) is 2.95. The lowest BCUT2D eigenvalue weighted by Gasteiger charge is -2.30. The standard InChI is InChI=1S/C23H25N3O5/c1-23(2,3)21(31-22(27)30-20-11-9-19(10-12-20)26(28)29)15-25-14-18(24-16-25)13-17-7-5-4-6-8-17/h4-12,14,16,21H,13,15H2,1-3H3. The van der Waals surface area contributed by atoms with Crippen molar-refractivity contribution in [2.75, 3.05) is 0 Å². The Hall–Kier alpha value is -3.68. The fraction of sp³-hybridized carbons (Fsp3) is 0.304. The summed E-state index contributed by atoms with van der Waals surface area (Å²) in [6.07, 6.45) is 3.05. The predicted octanol–water partition coefficient (Wildman–Crippen LogP) is 5.01. The number of imidazole rings is 1. The van der Waals surface area contributed by atoms with Crippen LogP contribution in [-0.4, -0.2) is 26.7 Å². The normalized spacial score (nSPS) is 12.2. The van der Waals surface area contributed by atoms with Crippen molar-refractivity contribution >= 4 is 11.8 Å². The number of nitrogens with zero attached hydrogens (tertiary/aromatic N) is 3. The number of non-ortho nitro benzene ring substituents is 1. The fourth-order valence-electron chi connectivity index (χ4n) is 2.95. The molecule has 1 aromatic heterocycles. The highest BCUT2D eigenvalue weighted by Crippen LogP contribution is 2.25. The number of nitro benzene ring substituents is 1. The van der Waals surface area contributed by atoms with Crippen LogP contribution < -0.4 is 4.74 Å². The summed E-state index contributed by atoms with van der Waals surface area (Å²) in [5.41, 5.74) is 1.66. The van der Waals surface area contributed by atoms with Crippen molar-refractivity contribution in [2.45, 2.75) is 39.8 Å². The van der Waals surface area contributed by atoms with Gasteiger partial charge in [0, 0.05) is 30.2 Å². The van der Waals surface area contributed by atoms with Crippen molar-refractivity contribution in [3.05, 3.63) is 88.5 Å². The molecular weight excluding hydrogens is 398 g/mol. The first-order valence-electron chi connectivity index (χ1n) is 9.88. The molecule has 3 aromatic rings. The Kier molecular flexibility index (Phi) is 6.69. The number of carbonyl (C=O) groups excluding carboxylic acids is 1. The minimum Gasteiger partial charge on any atom is -0.428 e. The molecule has 0 N–H and O–H groups in total. The molecule has 0 fully saturated rings.